The van der Waals surface area contributed by atoms with Crippen LogP contribution in [0.5, 0.6) is 0 Å². The van der Waals surface area contributed by atoms with Crippen molar-refractivity contribution in [3.05, 3.63) is 70.3 Å². The van der Waals surface area contributed by atoms with Crippen LogP contribution in [0.15, 0.2) is 53.3 Å². The molecule has 0 aliphatic heterocycles. The molecule has 1 aromatic heterocycles. The number of halogens is 1. The second-order valence-electron chi connectivity index (χ2n) is 6.32. The van der Waals surface area contributed by atoms with Crippen LogP contribution in [-0.4, -0.2) is 28.2 Å². The van der Waals surface area contributed by atoms with Gasteiger partial charge in [-0.1, -0.05) is 37.3 Å². The van der Waals surface area contributed by atoms with Gasteiger partial charge in [-0.2, -0.15) is 11.8 Å². The number of para-hydroxylation sites is 2. The van der Waals surface area contributed by atoms with Gasteiger partial charge in [-0.3, -0.25) is 9.59 Å². The van der Waals surface area contributed by atoms with Crippen LogP contribution in [0.25, 0.3) is 10.9 Å². The summed E-state index contributed by atoms with van der Waals surface area (Å²) in [5.74, 6) is 1.82. The normalized spacial score (nSPS) is 10.5. The van der Waals surface area contributed by atoms with Gasteiger partial charge < -0.3 is 15.6 Å². The molecule has 3 rings (SSSR count). The number of benzene rings is 2. The van der Waals surface area contributed by atoms with Crippen LogP contribution in [0.2, 0.25) is 0 Å². The number of thioether (sulfide) groups is 1. The zero-order valence-electron chi connectivity index (χ0n) is 16.2. The van der Waals surface area contributed by atoms with Crippen molar-refractivity contribution in [2.75, 3.05) is 17.6 Å². The summed E-state index contributed by atoms with van der Waals surface area (Å²) in [6.45, 7) is 3.66. The number of hydrogen-bond donors (Lipinski definition) is 3. The Kier molecular flexibility index (Phi) is 9.18. The molecular formula is C21H25ClN4O2S. The van der Waals surface area contributed by atoms with E-state index in [4.69, 9.17) is 0 Å². The number of nitrogens with zero attached hydrogens (tertiary/aromatic N) is 1. The number of fused-ring (bicyclic) bond motifs is 1. The third kappa shape index (κ3) is 6.59. The zero-order chi connectivity index (χ0) is 19.8. The predicted octanol–water partition coefficient (Wildman–Crippen LogP) is 3.72. The Balaban J connectivity index is 0.00000300. The van der Waals surface area contributed by atoms with E-state index in [0.29, 0.717) is 34.7 Å². The number of hydrogen-bond acceptors (Lipinski definition) is 5. The molecule has 0 aliphatic rings. The first-order chi connectivity index (χ1) is 13.7. The van der Waals surface area contributed by atoms with Crippen LogP contribution in [-0.2, 0) is 17.1 Å². The molecule has 0 radical (unpaired) electrons. The fourth-order valence-electron chi connectivity index (χ4n) is 2.81. The fraction of sp³-hybridized carbons (Fsp3) is 0.286. The van der Waals surface area contributed by atoms with Crippen molar-refractivity contribution in [2.24, 2.45) is 0 Å². The third-order valence-electron chi connectivity index (χ3n) is 4.23. The van der Waals surface area contributed by atoms with Crippen molar-refractivity contribution in [3.8, 4) is 0 Å². The van der Waals surface area contributed by atoms with Crippen LogP contribution < -0.4 is 16.2 Å². The highest BCUT2D eigenvalue weighted by Gasteiger charge is 2.07. The monoisotopic (exact) mass is 432 g/mol. The fourth-order valence-corrected chi connectivity index (χ4v) is 3.61. The second-order valence-corrected chi connectivity index (χ2v) is 7.42. The van der Waals surface area contributed by atoms with E-state index in [1.165, 1.54) is 0 Å². The van der Waals surface area contributed by atoms with Crippen molar-refractivity contribution in [1.29, 1.82) is 0 Å². The number of carbonyl (C=O) groups excluding carboxylic acids is 1. The Hall–Kier alpha value is -2.35. The maximum Gasteiger partial charge on any atom is 0.258 e. The first-order valence-electron chi connectivity index (χ1n) is 9.31. The lowest BCUT2D eigenvalue weighted by Crippen LogP contribution is -2.17. The molecule has 154 valence electrons. The lowest BCUT2D eigenvalue weighted by molar-refractivity contribution is -0.115. The summed E-state index contributed by atoms with van der Waals surface area (Å²) in [7, 11) is 0. The van der Waals surface area contributed by atoms with Gasteiger partial charge in [0.25, 0.3) is 5.56 Å². The Labute approximate surface area is 180 Å². The van der Waals surface area contributed by atoms with E-state index >= 15 is 0 Å². The highest BCUT2D eigenvalue weighted by molar-refractivity contribution is 7.98. The van der Waals surface area contributed by atoms with Crippen molar-refractivity contribution >= 4 is 46.7 Å². The summed E-state index contributed by atoms with van der Waals surface area (Å²) in [5.41, 5.74) is 2.48. The van der Waals surface area contributed by atoms with Crippen molar-refractivity contribution < 1.29 is 4.79 Å². The Morgan fingerprint density at radius 3 is 2.72 bits per heavy atom. The van der Waals surface area contributed by atoms with Crippen LogP contribution in [0.4, 0.5) is 5.69 Å². The molecule has 29 heavy (non-hydrogen) atoms. The highest BCUT2D eigenvalue weighted by Crippen LogP contribution is 2.16. The van der Waals surface area contributed by atoms with Gasteiger partial charge in [0.15, 0.2) is 0 Å². The molecule has 0 bridgehead atoms. The number of H-pyrrole nitrogens is 1. The number of aromatic nitrogens is 2. The van der Waals surface area contributed by atoms with Gasteiger partial charge in [0.1, 0.15) is 5.82 Å². The molecule has 0 saturated carbocycles. The lowest BCUT2D eigenvalue weighted by Gasteiger charge is -2.11. The number of anilines is 1. The summed E-state index contributed by atoms with van der Waals surface area (Å²) < 4.78 is 0. The minimum atomic E-state index is -0.128. The average Bonchev–Trinajstić information content (AvgIpc) is 2.71. The van der Waals surface area contributed by atoms with E-state index in [1.54, 1.807) is 17.8 Å². The van der Waals surface area contributed by atoms with Crippen molar-refractivity contribution in [1.82, 2.24) is 15.3 Å². The average molecular weight is 433 g/mol. The Bertz CT molecular complexity index is 1010. The maximum absolute atomic E-state index is 12.3. The predicted molar refractivity (Wildman–Crippen MR) is 123 cm³/mol. The standard InChI is InChI=1S/C21H24N4O2S.ClH/c1-2-22-13-15-7-3-5-9-17(15)24-20(26)11-12-28-14-19-23-18-10-6-4-8-16(18)21(27)25-19;/h3-10,22H,2,11-14H2,1H3,(H,24,26)(H,23,25,27);1H. The molecule has 1 heterocycles. The summed E-state index contributed by atoms with van der Waals surface area (Å²) in [4.78, 5) is 31.6. The van der Waals surface area contributed by atoms with Gasteiger partial charge in [-0.25, -0.2) is 4.98 Å². The van der Waals surface area contributed by atoms with Crippen LogP contribution in [0, 0.1) is 0 Å². The Morgan fingerprint density at radius 1 is 1.14 bits per heavy atom. The topological polar surface area (TPSA) is 86.9 Å². The quantitative estimate of drug-likeness (QED) is 0.448. The van der Waals surface area contributed by atoms with Crippen molar-refractivity contribution in [3.63, 3.8) is 0 Å². The van der Waals surface area contributed by atoms with E-state index in [0.717, 1.165) is 24.3 Å². The lowest BCUT2D eigenvalue weighted by atomic mass is 10.1. The molecule has 8 heteroatoms. The molecule has 3 aromatic rings. The number of rotatable bonds is 9. The molecule has 0 fully saturated rings. The molecule has 0 saturated heterocycles. The zero-order valence-corrected chi connectivity index (χ0v) is 17.9. The summed E-state index contributed by atoms with van der Waals surface area (Å²) in [6, 6.07) is 15.1. The van der Waals surface area contributed by atoms with E-state index in [1.807, 2.05) is 42.5 Å². The van der Waals surface area contributed by atoms with Gasteiger partial charge in [0.05, 0.1) is 16.7 Å². The van der Waals surface area contributed by atoms with Gasteiger partial charge in [-0.15, -0.1) is 12.4 Å². The second kappa shape index (κ2) is 11.6. The molecule has 2 aromatic carbocycles. The maximum atomic E-state index is 12.3. The number of nitrogens with one attached hydrogen (secondary N) is 3. The van der Waals surface area contributed by atoms with E-state index < -0.39 is 0 Å². The first kappa shape index (κ1) is 22.9. The van der Waals surface area contributed by atoms with Crippen LogP contribution >= 0.6 is 24.2 Å². The molecule has 0 unspecified atom stereocenters. The minimum Gasteiger partial charge on any atom is -0.326 e. The van der Waals surface area contributed by atoms with Gasteiger partial charge >= 0.3 is 0 Å². The number of amides is 1. The van der Waals surface area contributed by atoms with Crippen molar-refractivity contribution in [2.45, 2.75) is 25.6 Å². The van der Waals surface area contributed by atoms with E-state index in [9.17, 15) is 9.59 Å². The van der Waals surface area contributed by atoms with Gasteiger partial charge in [0.2, 0.25) is 5.91 Å². The SMILES string of the molecule is CCNCc1ccccc1NC(=O)CCSCc1nc2ccccc2c(=O)[nH]1.Cl. The summed E-state index contributed by atoms with van der Waals surface area (Å²) >= 11 is 1.57. The van der Waals surface area contributed by atoms with Gasteiger partial charge in [0, 0.05) is 24.4 Å². The third-order valence-corrected chi connectivity index (χ3v) is 5.20. The Morgan fingerprint density at radius 2 is 1.90 bits per heavy atom. The molecule has 0 atom stereocenters. The van der Waals surface area contributed by atoms with Gasteiger partial charge in [-0.05, 0) is 30.3 Å². The summed E-state index contributed by atoms with van der Waals surface area (Å²) in [6.07, 6.45) is 0.401. The molecule has 1 amide bonds. The molecule has 3 N–H and O–H groups in total. The molecule has 6 nitrogen and oxygen atoms in total. The van der Waals surface area contributed by atoms with E-state index in [-0.39, 0.29) is 23.9 Å². The largest absolute Gasteiger partial charge is 0.326 e. The minimum absolute atomic E-state index is 0. The highest BCUT2D eigenvalue weighted by atomic mass is 35.5. The van der Waals surface area contributed by atoms with E-state index in [2.05, 4.69) is 27.5 Å². The number of carbonyl (C=O) groups is 1. The first-order valence-corrected chi connectivity index (χ1v) is 10.5. The smallest absolute Gasteiger partial charge is 0.258 e. The van der Waals surface area contributed by atoms with Crippen LogP contribution in [0.3, 0.4) is 0 Å². The molecular weight excluding hydrogens is 408 g/mol. The van der Waals surface area contributed by atoms with Crippen LogP contribution in [0.1, 0.15) is 24.7 Å². The molecule has 0 aliphatic carbocycles. The molecule has 0 spiro atoms. The summed E-state index contributed by atoms with van der Waals surface area (Å²) in [5, 5.41) is 6.85. The number of aromatic amines is 1.